The summed E-state index contributed by atoms with van der Waals surface area (Å²) in [4.78, 5) is 24.0. The van der Waals surface area contributed by atoms with Crippen molar-refractivity contribution in [2.24, 2.45) is 11.3 Å². The van der Waals surface area contributed by atoms with Crippen LogP contribution in [0.4, 0.5) is 0 Å². The average molecular weight is 273 g/mol. The molecule has 1 aliphatic rings. The minimum Gasteiger partial charge on any atom is -0.346 e. The highest BCUT2D eigenvalue weighted by molar-refractivity contribution is 5.90. The first-order chi connectivity index (χ1) is 9.30. The predicted molar refractivity (Wildman–Crippen MR) is 79.4 cm³/mol. The highest BCUT2D eigenvalue weighted by Gasteiger charge is 2.45. The minimum atomic E-state index is -0.410. The summed E-state index contributed by atoms with van der Waals surface area (Å²) in [6, 6.07) is 9.68. The zero-order chi connectivity index (χ0) is 14.9. The van der Waals surface area contributed by atoms with Gasteiger partial charge in [-0.05, 0) is 30.2 Å². The van der Waals surface area contributed by atoms with Crippen LogP contribution in [-0.2, 0) is 9.59 Å². The Balaban J connectivity index is 1.99. The Hall–Kier alpha value is -1.64. The van der Waals surface area contributed by atoms with Crippen LogP contribution in [0.25, 0.3) is 0 Å². The van der Waals surface area contributed by atoms with Gasteiger partial charge >= 0.3 is 0 Å². The standard InChI is InChI=1S/C17H23NO2/c1-11(19)15(17(2,3)4)18-16(20)14-10-13(14)12-8-6-5-7-9-12/h5-9,13-15H,10H2,1-4H3,(H,18,20)/t13-,14?,15-/m1/s1. The third-order valence-electron chi connectivity index (χ3n) is 3.91. The fraction of sp³-hybridized carbons (Fsp3) is 0.529. The predicted octanol–water partition coefficient (Wildman–Crippen LogP) is 2.91. The highest BCUT2D eigenvalue weighted by atomic mass is 16.2. The van der Waals surface area contributed by atoms with Gasteiger partial charge in [-0.25, -0.2) is 0 Å². The fourth-order valence-electron chi connectivity index (χ4n) is 2.73. The van der Waals surface area contributed by atoms with Crippen molar-refractivity contribution in [1.82, 2.24) is 5.32 Å². The Morgan fingerprint density at radius 2 is 1.80 bits per heavy atom. The second-order valence-electron chi connectivity index (χ2n) is 6.78. The average Bonchev–Trinajstić information content (AvgIpc) is 3.15. The van der Waals surface area contributed by atoms with Crippen LogP contribution in [-0.4, -0.2) is 17.7 Å². The van der Waals surface area contributed by atoms with Crippen molar-refractivity contribution in [2.45, 2.75) is 46.1 Å². The number of hydrogen-bond donors (Lipinski definition) is 1. The highest BCUT2D eigenvalue weighted by Crippen LogP contribution is 2.47. The number of benzene rings is 1. The van der Waals surface area contributed by atoms with E-state index in [1.807, 2.05) is 39.0 Å². The molecule has 1 saturated carbocycles. The number of rotatable bonds is 4. The maximum absolute atomic E-state index is 12.3. The van der Waals surface area contributed by atoms with Crippen LogP contribution < -0.4 is 5.32 Å². The van der Waals surface area contributed by atoms with E-state index in [1.165, 1.54) is 12.5 Å². The summed E-state index contributed by atoms with van der Waals surface area (Å²) in [5.74, 6) is 0.349. The van der Waals surface area contributed by atoms with Gasteiger partial charge in [0.25, 0.3) is 0 Å². The van der Waals surface area contributed by atoms with Gasteiger partial charge in [0, 0.05) is 5.92 Å². The lowest BCUT2D eigenvalue weighted by Gasteiger charge is -2.29. The molecule has 3 nitrogen and oxygen atoms in total. The first kappa shape index (κ1) is 14.8. The number of nitrogens with one attached hydrogen (secondary N) is 1. The normalized spacial score (nSPS) is 23.0. The van der Waals surface area contributed by atoms with Crippen molar-refractivity contribution >= 4 is 11.7 Å². The molecule has 1 fully saturated rings. The topological polar surface area (TPSA) is 46.2 Å². The lowest BCUT2D eigenvalue weighted by Crippen LogP contribution is -2.48. The lowest BCUT2D eigenvalue weighted by atomic mass is 9.84. The van der Waals surface area contributed by atoms with E-state index in [9.17, 15) is 9.59 Å². The van der Waals surface area contributed by atoms with E-state index in [2.05, 4.69) is 17.4 Å². The number of carbonyl (C=O) groups is 2. The molecular weight excluding hydrogens is 250 g/mol. The van der Waals surface area contributed by atoms with Crippen molar-refractivity contribution in [1.29, 1.82) is 0 Å². The van der Waals surface area contributed by atoms with Gasteiger partial charge in [0.2, 0.25) is 5.91 Å². The van der Waals surface area contributed by atoms with Crippen LogP contribution in [0.15, 0.2) is 30.3 Å². The molecule has 20 heavy (non-hydrogen) atoms. The largest absolute Gasteiger partial charge is 0.346 e. The molecule has 0 heterocycles. The third-order valence-corrected chi connectivity index (χ3v) is 3.91. The maximum Gasteiger partial charge on any atom is 0.224 e. The molecule has 1 aromatic carbocycles. The van der Waals surface area contributed by atoms with E-state index < -0.39 is 6.04 Å². The van der Waals surface area contributed by atoms with E-state index >= 15 is 0 Å². The van der Waals surface area contributed by atoms with Crippen LogP contribution in [0.1, 0.15) is 45.6 Å². The van der Waals surface area contributed by atoms with Crippen LogP contribution >= 0.6 is 0 Å². The quantitative estimate of drug-likeness (QED) is 0.917. The van der Waals surface area contributed by atoms with E-state index in [1.54, 1.807) is 0 Å². The van der Waals surface area contributed by atoms with Crippen LogP contribution in [0, 0.1) is 11.3 Å². The number of hydrogen-bond acceptors (Lipinski definition) is 2. The van der Waals surface area contributed by atoms with Gasteiger partial charge in [-0.1, -0.05) is 51.1 Å². The molecule has 0 radical (unpaired) electrons. The van der Waals surface area contributed by atoms with Gasteiger partial charge < -0.3 is 5.32 Å². The van der Waals surface area contributed by atoms with Crippen molar-refractivity contribution in [3.63, 3.8) is 0 Å². The van der Waals surface area contributed by atoms with Crippen molar-refractivity contribution in [3.8, 4) is 0 Å². The molecule has 1 unspecified atom stereocenters. The molecule has 0 bridgehead atoms. The summed E-state index contributed by atoms with van der Waals surface area (Å²) in [7, 11) is 0. The van der Waals surface area contributed by atoms with E-state index in [0.717, 1.165) is 6.42 Å². The molecule has 0 aromatic heterocycles. The maximum atomic E-state index is 12.3. The molecule has 0 aliphatic heterocycles. The minimum absolute atomic E-state index is 0.00831. The molecule has 0 saturated heterocycles. The lowest BCUT2D eigenvalue weighted by molar-refractivity contribution is -0.129. The summed E-state index contributed by atoms with van der Waals surface area (Å²) in [6.07, 6.45) is 0.880. The van der Waals surface area contributed by atoms with Crippen LogP contribution in [0.5, 0.6) is 0 Å². The SMILES string of the molecule is CC(=O)[C@@H](NC(=O)C1C[C@@H]1c1ccccc1)C(C)(C)C. The molecule has 0 spiro atoms. The Morgan fingerprint density at radius 1 is 1.20 bits per heavy atom. The number of Topliss-reactive ketones (excluding diaryl/α,β-unsaturated/α-hetero) is 1. The van der Waals surface area contributed by atoms with Gasteiger partial charge in [0.15, 0.2) is 5.78 Å². The second kappa shape index (κ2) is 5.39. The Kier molecular flexibility index (Phi) is 3.98. The summed E-state index contributed by atoms with van der Waals surface area (Å²) < 4.78 is 0. The zero-order valence-electron chi connectivity index (χ0n) is 12.6. The van der Waals surface area contributed by atoms with E-state index in [0.29, 0.717) is 5.92 Å². The molecule has 1 aliphatic carbocycles. The molecular formula is C17H23NO2. The first-order valence-electron chi connectivity index (χ1n) is 7.16. The zero-order valence-corrected chi connectivity index (χ0v) is 12.6. The summed E-state index contributed by atoms with van der Waals surface area (Å²) in [5.41, 5.74) is 0.960. The van der Waals surface area contributed by atoms with Gasteiger partial charge in [-0.3, -0.25) is 9.59 Å². The Morgan fingerprint density at radius 3 is 2.30 bits per heavy atom. The van der Waals surface area contributed by atoms with Gasteiger partial charge in [0.05, 0.1) is 6.04 Å². The number of ketones is 1. The van der Waals surface area contributed by atoms with Crippen molar-refractivity contribution in [3.05, 3.63) is 35.9 Å². The van der Waals surface area contributed by atoms with Crippen molar-refractivity contribution < 1.29 is 9.59 Å². The van der Waals surface area contributed by atoms with Gasteiger partial charge in [-0.15, -0.1) is 0 Å². The Bertz CT molecular complexity index is 501. The smallest absolute Gasteiger partial charge is 0.224 e. The molecule has 1 aromatic rings. The first-order valence-corrected chi connectivity index (χ1v) is 7.16. The van der Waals surface area contributed by atoms with Crippen LogP contribution in [0.3, 0.4) is 0 Å². The fourth-order valence-corrected chi connectivity index (χ4v) is 2.73. The summed E-state index contributed by atoms with van der Waals surface area (Å²) in [5, 5.41) is 2.93. The molecule has 1 amide bonds. The Labute approximate surface area is 120 Å². The molecule has 1 N–H and O–H groups in total. The van der Waals surface area contributed by atoms with Gasteiger partial charge in [-0.2, -0.15) is 0 Å². The molecule has 3 atom stereocenters. The monoisotopic (exact) mass is 273 g/mol. The number of amides is 1. The van der Waals surface area contributed by atoms with E-state index in [4.69, 9.17) is 0 Å². The summed E-state index contributed by atoms with van der Waals surface area (Å²) in [6.45, 7) is 7.46. The number of carbonyl (C=O) groups excluding carboxylic acids is 2. The second-order valence-corrected chi connectivity index (χ2v) is 6.78. The third kappa shape index (κ3) is 3.27. The van der Waals surface area contributed by atoms with E-state index in [-0.39, 0.29) is 23.0 Å². The van der Waals surface area contributed by atoms with Crippen LogP contribution in [0.2, 0.25) is 0 Å². The molecule has 2 rings (SSSR count). The summed E-state index contributed by atoms with van der Waals surface area (Å²) >= 11 is 0. The molecule has 3 heteroatoms. The van der Waals surface area contributed by atoms with Gasteiger partial charge in [0.1, 0.15) is 0 Å². The van der Waals surface area contributed by atoms with Crippen molar-refractivity contribution in [2.75, 3.05) is 0 Å². The molecule has 108 valence electrons.